The van der Waals surface area contributed by atoms with Crippen molar-refractivity contribution in [1.82, 2.24) is 14.6 Å². The van der Waals surface area contributed by atoms with Crippen LogP contribution in [0, 0.1) is 6.92 Å². The molecule has 0 bridgehead atoms. The number of nitrogens with one attached hydrogen (secondary N) is 1. The van der Waals surface area contributed by atoms with Crippen LogP contribution in [0.4, 0.5) is 0 Å². The number of hydrogen-bond donors (Lipinski definition) is 1. The first-order chi connectivity index (χ1) is 14.4. The van der Waals surface area contributed by atoms with Gasteiger partial charge in [0.2, 0.25) is 10.0 Å². The summed E-state index contributed by atoms with van der Waals surface area (Å²) in [6, 6.07) is 16.6. The van der Waals surface area contributed by atoms with E-state index in [4.69, 9.17) is 0 Å². The van der Waals surface area contributed by atoms with E-state index in [0.717, 1.165) is 11.1 Å². The van der Waals surface area contributed by atoms with Crippen molar-refractivity contribution in [2.75, 3.05) is 32.7 Å². The van der Waals surface area contributed by atoms with Gasteiger partial charge in [-0.15, -0.1) is 0 Å². The molecule has 7 nitrogen and oxygen atoms in total. The highest BCUT2D eigenvalue weighted by Crippen LogP contribution is 2.18. The van der Waals surface area contributed by atoms with Gasteiger partial charge in [0, 0.05) is 32.4 Å². The van der Waals surface area contributed by atoms with Crippen molar-refractivity contribution < 1.29 is 13.2 Å². The van der Waals surface area contributed by atoms with Gasteiger partial charge in [0.25, 0.3) is 5.91 Å². The molecule has 3 rings (SSSR count). The molecule has 2 aromatic rings. The number of allylic oxidation sites excluding steroid dienone is 1. The Balaban J connectivity index is 1.43. The maximum absolute atomic E-state index is 12.7. The Morgan fingerprint density at radius 2 is 1.70 bits per heavy atom. The summed E-state index contributed by atoms with van der Waals surface area (Å²) >= 11 is 0. The maximum Gasteiger partial charge on any atom is 0.254 e. The molecule has 0 saturated carbocycles. The zero-order valence-electron chi connectivity index (χ0n) is 16.9. The molecule has 2 aromatic carbocycles. The molecule has 1 saturated heterocycles. The van der Waals surface area contributed by atoms with E-state index in [-0.39, 0.29) is 12.5 Å². The van der Waals surface area contributed by atoms with Crippen molar-refractivity contribution in [3.05, 3.63) is 71.8 Å². The summed E-state index contributed by atoms with van der Waals surface area (Å²) in [6.07, 6.45) is 5.17. The Kier molecular flexibility index (Phi) is 7.51. The fourth-order valence-electron chi connectivity index (χ4n) is 3.10. The van der Waals surface area contributed by atoms with E-state index in [0.29, 0.717) is 31.1 Å². The van der Waals surface area contributed by atoms with Gasteiger partial charge >= 0.3 is 0 Å². The normalized spacial score (nSPS) is 16.3. The number of carbonyl (C=O) groups is 1. The lowest BCUT2D eigenvalue weighted by molar-refractivity contribution is -0.122. The van der Waals surface area contributed by atoms with E-state index >= 15 is 0 Å². The van der Waals surface area contributed by atoms with Crippen LogP contribution in [0.2, 0.25) is 0 Å². The summed E-state index contributed by atoms with van der Waals surface area (Å²) in [4.78, 5) is 14.3. The van der Waals surface area contributed by atoms with Crippen molar-refractivity contribution in [3.63, 3.8) is 0 Å². The Morgan fingerprint density at radius 3 is 2.37 bits per heavy atom. The zero-order chi connectivity index (χ0) is 21.4. The van der Waals surface area contributed by atoms with Gasteiger partial charge < -0.3 is 0 Å². The highest BCUT2D eigenvalue weighted by atomic mass is 32.2. The first-order valence-corrected chi connectivity index (χ1v) is 11.2. The average molecular weight is 427 g/mol. The summed E-state index contributed by atoms with van der Waals surface area (Å²) in [5.74, 6) is -0.228. The summed E-state index contributed by atoms with van der Waals surface area (Å²) in [5.41, 5.74) is 4.56. The molecule has 0 spiro atoms. The number of aryl methyl sites for hydroxylation is 1. The average Bonchev–Trinajstić information content (AvgIpc) is 2.75. The SMILES string of the molecule is Cc1ccc(S(=O)(=O)N2CCN(CC(=O)N/N=C\C=C\c3ccccc3)CC2)cc1. The first kappa shape index (κ1) is 21.9. The van der Waals surface area contributed by atoms with Gasteiger partial charge in [-0.3, -0.25) is 9.69 Å². The van der Waals surface area contributed by atoms with E-state index in [2.05, 4.69) is 10.5 Å². The van der Waals surface area contributed by atoms with Gasteiger partial charge in [0.1, 0.15) is 0 Å². The molecule has 8 heteroatoms. The van der Waals surface area contributed by atoms with Crippen LogP contribution in [0.25, 0.3) is 6.08 Å². The molecule has 1 N–H and O–H groups in total. The van der Waals surface area contributed by atoms with Crippen LogP contribution in [0.15, 0.2) is 70.7 Å². The minimum Gasteiger partial charge on any atom is -0.292 e. The quantitative estimate of drug-likeness (QED) is 0.543. The number of hydrogen-bond acceptors (Lipinski definition) is 5. The Morgan fingerprint density at radius 1 is 1.03 bits per heavy atom. The summed E-state index contributed by atoms with van der Waals surface area (Å²) in [6.45, 7) is 3.80. The lowest BCUT2D eigenvalue weighted by Crippen LogP contribution is -2.50. The Hall–Kier alpha value is -2.81. The van der Waals surface area contributed by atoms with Gasteiger partial charge in [0.05, 0.1) is 11.4 Å². The van der Waals surface area contributed by atoms with Crippen LogP contribution < -0.4 is 5.43 Å². The number of sulfonamides is 1. The van der Waals surface area contributed by atoms with E-state index < -0.39 is 10.0 Å². The summed E-state index contributed by atoms with van der Waals surface area (Å²) in [5, 5.41) is 3.91. The molecule has 1 amide bonds. The fourth-order valence-corrected chi connectivity index (χ4v) is 4.52. The van der Waals surface area contributed by atoms with E-state index in [9.17, 15) is 13.2 Å². The minimum absolute atomic E-state index is 0.179. The molecule has 1 aliphatic rings. The molecule has 1 heterocycles. The smallest absolute Gasteiger partial charge is 0.254 e. The molecule has 158 valence electrons. The van der Waals surface area contributed by atoms with Crippen LogP contribution in [-0.4, -0.2) is 62.5 Å². The van der Waals surface area contributed by atoms with Gasteiger partial charge in [-0.05, 0) is 30.7 Å². The third-order valence-corrected chi connectivity index (χ3v) is 6.71. The van der Waals surface area contributed by atoms with Crippen molar-refractivity contribution >= 4 is 28.2 Å². The van der Waals surface area contributed by atoms with Crippen molar-refractivity contribution in [2.45, 2.75) is 11.8 Å². The maximum atomic E-state index is 12.7. The lowest BCUT2D eigenvalue weighted by atomic mass is 10.2. The second-order valence-corrected chi connectivity index (χ2v) is 9.01. The molecule has 1 aliphatic heterocycles. The van der Waals surface area contributed by atoms with Gasteiger partial charge in [-0.2, -0.15) is 9.41 Å². The van der Waals surface area contributed by atoms with Crippen LogP contribution in [0.5, 0.6) is 0 Å². The second kappa shape index (κ2) is 10.3. The van der Waals surface area contributed by atoms with Crippen LogP contribution in [0.3, 0.4) is 0 Å². The molecule has 0 atom stereocenters. The minimum atomic E-state index is -3.50. The molecule has 0 aromatic heterocycles. The zero-order valence-corrected chi connectivity index (χ0v) is 17.8. The van der Waals surface area contributed by atoms with Gasteiger partial charge in [-0.1, -0.05) is 54.1 Å². The Labute approximate surface area is 177 Å². The predicted octanol–water partition coefficient (Wildman–Crippen LogP) is 2.12. The predicted molar refractivity (Wildman–Crippen MR) is 118 cm³/mol. The number of benzene rings is 2. The highest BCUT2D eigenvalue weighted by molar-refractivity contribution is 7.89. The van der Waals surface area contributed by atoms with E-state index in [1.165, 1.54) is 10.5 Å². The Bertz CT molecular complexity index is 994. The van der Waals surface area contributed by atoms with Crippen LogP contribution in [-0.2, 0) is 14.8 Å². The number of rotatable bonds is 7. The number of hydrazone groups is 1. The van der Waals surface area contributed by atoms with Crippen LogP contribution in [0.1, 0.15) is 11.1 Å². The number of nitrogens with zero attached hydrogens (tertiary/aromatic N) is 3. The van der Waals surface area contributed by atoms with E-state index in [1.54, 1.807) is 30.3 Å². The molecule has 0 unspecified atom stereocenters. The first-order valence-electron chi connectivity index (χ1n) is 9.78. The standard InChI is InChI=1S/C22H26N4O3S/c1-19-9-11-21(12-10-19)30(28,29)26-16-14-25(15-17-26)18-22(27)24-23-13-5-8-20-6-3-2-4-7-20/h2-13H,14-18H2,1H3,(H,24,27)/b8-5+,23-13-. The molecular weight excluding hydrogens is 400 g/mol. The molecule has 0 aliphatic carbocycles. The molecule has 0 radical (unpaired) electrons. The summed E-state index contributed by atoms with van der Waals surface area (Å²) < 4.78 is 26.9. The molecule has 30 heavy (non-hydrogen) atoms. The third kappa shape index (κ3) is 6.09. The number of carbonyl (C=O) groups excluding carboxylic acids is 1. The molecular formula is C22H26N4O3S. The third-order valence-electron chi connectivity index (χ3n) is 4.80. The topological polar surface area (TPSA) is 82.1 Å². The van der Waals surface area contributed by atoms with Gasteiger partial charge in [0.15, 0.2) is 0 Å². The number of piperazine rings is 1. The second-order valence-electron chi connectivity index (χ2n) is 7.08. The fraction of sp³-hybridized carbons (Fsp3) is 0.273. The van der Waals surface area contributed by atoms with Crippen molar-refractivity contribution in [2.24, 2.45) is 5.10 Å². The van der Waals surface area contributed by atoms with Crippen molar-refractivity contribution in [1.29, 1.82) is 0 Å². The van der Waals surface area contributed by atoms with E-state index in [1.807, 2.05) is 48.2 Å². The largest absolute Gasteiger partial charge is 0.292 e. The lowest BCUT2D eigenvalue weighted by Gasteiger charge is -2.33. The van der Waals surface area contributed by atoms with Crippen LogP contribution >= 0.6 is 0 Å². The summed E-state index contributed by atoms with van der Waals surface area (Å²) in [7, 11) is -3.50. The number of amides is 1. The molecule has 1 fully saturated rings. The van der Waals surface area contributed by atoms with Gasteiger partial charge in [-0.25, -0.2) is 13.8 Å². The monoisotopic (exact) mass is 426 g/mol. The highest BCUT2D eigenvalue weighted by Gasteiger charge is 2.28. The van der Waals surface area contributed by atoms with Crippen molar-refractivity contribution in [3.8, 4) is 0 Å².